The van der Waals surface area contributed by atoms with Gasteiger partial charge in [-0.25, -0.2) is 4.98 Å². The molecule has 4 rings (SSSR count). The quantitative estimate of drug-likeness (QED) is 0.426. The molecule has 0 saturated carbocycles. The summed E-state index contributed by atoms with van der Waals surface area (Å²) in [5.41, 5.74) is 4.02. The third kappa shape index (κ3) is 3.61. The molecule has 27 heavy (non-hydrogen) atoms. The van der Waals surface area contributed by atoms with E-state index in [0.717, 1.165) is 21.2 Å². The molecule has 0 atom stereocenters. The zero-order valence-corrected chi connectivity index (χ0v) is 16.8. The summed E-state index contributed by atoms with van der Waals surface area (Å²) >= 11 is 9.40. The number of imidazole rings is 1. The maximum Gasteiger partial charge on any atom is 0.256 e. The van der Waals surface area contributed by atoms with Crippen molar-refractivity contribution in [3.8, 4) is 11.3 Å². The fraction of sp³-hybridized carbons (Fsp3) is 0.0476. The molecule has 4 nitrogen and oxygen atoms in total. The van der Waals surface area contributed by atoms with Crippen LogP contribution in [0.15, 0.2) is 71.3 Å². The number of fused-ring (bicyclic) bond motifs is 1. The lowest BCUT2D eigenvalue weighted by atomic mass is 10.1. The highest BCUT2D eigenvalue weighted by Gasteiger charge is 2.17. The normalized spacial score (nSPS) is 10.9. The number of benzene rings is 2. The van der Waals surface area contributed by atoms with E-state index in [1.165, 1.54) is 0 Å². The molecule has 2 heterocycles. The van der Waals surface area contributed by atoms with Gasteiger partial charge in [-0.15, -0.1) is 0 Å². The Morgan fingerprint density at radius 3 is 2.48 bits per heavy atom. The van der Waals surface area contributed by atoms with Crippen molar-refractivity contribution in [2.24, 2.45) is 0 Å². The topological polar surface area (TPSA) is 46.4 Å². The molecule has 2 aromatic heterocycles. The van der Waals surface area contributed by atoms with Crippen molar-refractivity contribution in [2.75, 3.05) is 5.32 Å². The van der Waals surface area contributed by atoms with Crippen LogP contribution in [0.2, 0.25) is 5.02 Å². The van der Waals surface area contributed by atoms with E-state index in [2.05, 4.69) is 21.2 Å². The highest BCUT2D eigenvalue weighted by molar-refractivity contribution is 9.10. The largest absolute Gasteiger partial charge is 0.306 e. The molecule has 6 heteroatoms. The first kappa shape index (κ1) is 17.8. The van der Waals surface area contributed by atoms with E-state index in [-0.39, 0.29) is 5.91 Å². The summed E-state index contributed by atoms with van der Waals surface area (Å²) in [6.07, 6.45) is 1.91. The Balaban J connectivity index is 1.82. The molecule has 0 spiro atoms. The standard InChI is InChI=1S/C21H15BrClN3O/c1-13-10-11-26-18(12-13)24-19(14-4-8-17(23)9-5-14)20(26)25-21(27)15-2-6-16(22)7-3-15/h2-12H,1H3,(H,25,27). The van der Waals surface area contributed by atoms with Gasteiger partial charge in [0, 0.05) is 26.8 Å². The van der Waals surface area contributed by atoms with Gasteiger partial charge in [0.2, 0.25) is 0 Å². The molecule has 0 aliphatic heterocycles. The van der Waals surface area contributed by atoms with E-state index >= 15 is 0 Å². The molecule has 0 aliphatic carbocycles. The van der Waals surface area contributed by atoms with Crippen LogP contribution in [-0.2, 0) is 0 Å². The highest BCUT2D eigenvalue weighted by atomic mass is 79.9. The molecule has 0 fully saturated rings. The zero-order chi connectivity index (χ0) is 19.0. The Kier molecular flexibility index (Phi) is 4.72. The van der Waals surface area contributed by atoms with E-state index in [9.17, 15) is 4.79 Å². The second-order valence-corrected chi connectivity index (χ2v) is 7.56. The smallest absolute Gasteiger partial charge is 0.256 e. The Bertz CT molecular complexity index is 1130. The van der Waals surface area contributed by atoms with Gasteiger partial charge in [0.15, 0.2) is 0 Å². The lowest BCUT2D eigenvalue weighted by molar-refractivity contribution is 0.102. The molecule has 2 aromatic carbocycles. The third-order valence-electron chi connectivity index (χ3n) is 4.24. The van der Waals surface area contributed by atoms with Crippen molar-refractivity contribution < 1.29 is 4.79 Å². The summed E-state index contributed by atoms with van der Waals surface area (Å²) in [6.45, 7) is 2.01. The predicted molar refractivity (Wildman–Crippen MR) is 112 cm³/mol. The maximum absolute atomic E-state index is 12.8. The summed E-state index contributed by atoms with van der Waals surface area (Å²) in [7, 11) is 0. The number of hydrogen-bond acceptors (Lipinski definition) is 2. The predicted octanol–water partition coefficient (Wildman–Crippen LogP) is 5.98. The number of hydrogen-bond donors (Lipinski definition) is 1. The minimum Gasteiger partial charge on any atom is -0.306 e. The number of aromatic nitrogens is 2. The first-order valence-electron chi connectivity index (χ1n) is 8.33. The molecule has 0 aliphatic rings. The summed E-state index contributed by atoms with van der Waals surface area (Å²) in [5.74, 6) is 0.431. The fourth-order valence-electron chi connectivity index (χ4n) is 2.86. The van der Waals surface area contributed by atoms with Gasteiger partial charge in [-0.1, -0.05) is 39.7 Å². The van der Waals surface area contributed by atoms with Gasteiger partial charge in [-0.2, -0.15) is 0 Å². The monoisotopic (exact) mass is 439 g/mol. The van der Waals surface area contributed by atoms with Crippen molar-refractivity contribution in [3.05, 3.63) is 87.5 Å². The first-order chi connectivity index (χ1) is 13.0. The number of pyridine rings is 1. The van der Waals surface area contributed by atoms with E-state index in [0.29, 0.717) is 22.1 Å². The Morgan fingerprint density at radius 2 is 1.78 bits per heavy atom. The minimum atomic E-state index is -0.194. The third-order valence-corrected chi connectivity index (χ3v) is 5.02. The molecule has 4 aromatic rings. The molecular formula is C21H15BrClN3O. The van der Waals surface area contributed by atoms with E-state index in [1.54, 1.807) is 12.1 Å². The number of aryl methyl sites for hydroxylation is 1. The average molecular weight is 441 g/mol. The molecule has 0 radical (unpaired) electrons. The maximum atomic E-state index is 12.8. The summed E-state index contributed by atoms with van der Waals surface area (Å²) in [4.78, 5) is 17.5. The van der Waals surface area contributed by atoms with Crippen LogP contribution < -0.4 is 5.32 Å². The van der Waals surface area contributed by atoms with Crippen LogP contribution in [0.4, 0.5) is 5.82 Å². The number of halogens is 2. The van der Waals surface area contributed by atoms with Gasteiger partial charge in [0.05, 0.1) is 0 Å². The highest BCUT2D eigenvalue weighted by Crippen LogP contribution is 2.30. The first-order valence-corrected chi connectivity index (χ1v) is 9.50. The van der Waals surface area contributed by atoms with Crippen LogP contribution in [0.3, 0.4) is 0 Å². The molecule has 1 amide bonds. The average Bonchev–Trinajstić information content (AvgIpc) is 3.00. The van der Waals surface area contributed by atoms with E-state index < -0.39 is 0 Å². The SMILES string of the molecule is Cc1ccn2c(NC(=O)c3ccc(Br)cc3)c(-c3ccc(Cl)cc3)nc2c1. The van der Waals surface area contributed by atoms with Gasteiger partial charge in [0.1, 0.15) is 17.2 Å². The van der Waals surface area contributed by atoms with Gasteiger partial charge in [-0.05, 0) is 61.0 Å². The number of amides is 1. The van der Waals surface area contributed by atoms with Gasteiger partial charge >= 0.3 is 0 Å². The van der Waals surface area contributed by atoms with Crippen molar-refractivity contribution in [3.63, 3.8) is 0 Å². The van der Waals surface area contributed by atoms with Crippen LogP contribution in [0.1, 0.15) is 15.9 Å². The molecule has 134 valence electrons. The van der Waals surface area contributed by atoms with Gasteiger partial charge < -0.3 is 5.32 Å². The lowest BCUT2D eigenvalue weighted by Gasteiger charge is -2.08. The second kappa shape index (κ2) is 7.18. The molecule has 0 saturated heterocycles. The van der Waals surface area contributed by atoms with E-state index in [1.807, 2.05) is 66.1 Å². The van der Waals surface area contributed by atoms with Crippen molar-refractivity contribution in [1.82, 2.24) is 9.38 Å². The van der Waals surface area contributed by atoms with Crippen LogP contribution in [0, 0.1) is 6.92 Å². The Morgan fingerprint density at radius 1 is 1.07 bits per heavy atom. The van der Waals surface area contributed by atoms with Gasteiger partial charge in [0.25, 0.3) is 5.91 Å². The van der Waals surface area contributed by atoms with Crippen molar-refractivity contribution in [1.29, 1.82) is 0 Å². The molecule has 0 unspecified atom stereocenters. The van der Waals surface area contributed by atoms with Crippen LogP contribution in [0.25, 0.3) is 16.9 Å². The van der Waals surface area contributed by atoms with Gasteiger partial charge in [-0.3, -0.25) is 9.20 Å². The van der Waals surface area contributed by atoms with E-state index in [4.69, 9.17) is 16.6 Å². The second-order valence-electron chi connectivity index (χ2n) is 6.21. The number of anilines is 1. The molecule has 1 N–H and O–H groups in total. The Labute approximate surface area is 169 Å². The number of carbonyl (C=O) groups is 1. The minimum absolute atomic E-state index is 0.194. The Hall–Kier alpha value is -2.63. The zero-order valence-electron chi connectivity index (χ0n) is 14.4. The summed E-state index contributed by atoms with van der Waals surface area (Å²) < 4.78 is 2.81. The number of carbonyl (C=O) groups excluding carboxylic acids is 1. The summed E-state index contributed by atoms with van der Waals surface area (Å²) in [6, 6.07) is 18.6. The molecule has 0 bridgehead atoms. The van der Waals surface area contributed by atoms with Crippen LogP contribution in [-0.4, -0.2) is 15.3 Å². The lowest BCUT2D eigenvalue weighted by Crippen LogP contribution is -2.14. The number of nitrogens with zero attached hydrogens (tertiary/aromatic N) is 2. The van der Waals surface area contributed by atoms with Crippen molar-refractivity contribution >= 4 is 44.9 Å². The number of nitrogens with one attached hydrogen (secondary N) is 1. The number of rotatable bonds is 3. The van der Waals surface area contributed by atoms with Crippen molar-refractivity contribution in [2.45, 2.75) is 6.92 Å². The molecular weight excluding hydrogens is 426 g/mol. The summed E-state index contributed by atoms with van der Waals surface area (Å²) in [5, 5.41) is 3.67. The van der Waals surface area contributed by atoms with Crippen LogP contribution in [0.5, 0.6) is 0 Å². The fourth-order valence-corrected chi connectivity index (χ4v) is 3.25. The van der Waals surface area contributed by atoms with Crippen LogP contribution >= 0.6 is 27.5 Å².